The molecule has 4 N–H and O–H groups in total. The number of aliphatic hydroxyl groups excluding tert-OH is 4. The first kappa shape index (κ1) is 17.8. The summed E-state index contributed by atoms with van der Waals surface area (Å²) in [6, 6.07) is 0. The molecule has 0 aliphatic carbocycles. The van der Waals surface area contributed by atoms with Crippen LogP contribution < -0.4 is 0 Å². The van der Waals surface area contributed by atoms with E-state index < -0.39 is 37.3 Å². The maximum absolute atomic E-state index is 9.75. The standard InChI is InChI=1S/C14H28O6/c1-2-3-4-5-6-7-8-19-14-13(18)12(17)11(16)10(9-15)20-14/h10-18H,2-9H2,1H3/t10-,11-,12-,13-,14-/m0/s1. The van der Waals surface area contributed by atoms with Gasteiger partial charge in [0, 0.05) is 6.61 Å². The second-order valence-electron chi connectivity index (χ2n) is 5.34. The number of hydrogen-bond donors (Lipinski definition) is 4. The first-order chi connectivity index (χ1) is 9.61. The maximum Gasteiger partial charge on any atom is 0.186 e. The Morgan fingerprint density at radius 2 is 1.55 bits per heavy atom. The Kier molecular flexibility index (Phi) is 8.60. The first-order valence-corrected chi connectivity index (χ1v) is 7.54. The van der Waals surface area contributed by atoms with Gasteiger partial charge in [-0.2, -0.15) is 0 Å². The Hall–Kier alpha value is -0.240. The highest BCUT2D eigenvalue weighted by Crippen LogP contribution is 2.22. The molecule has 0 bridgehead atoms. The molecule has 1 aliphatic heterocycles. The molecule has 20 heavy (non-hydrogen) atoms. The van der Waals surface area contributed by atoms with E-state index in [-0.39, 0.29) is 0 Å². The van der Waals surface area contributed by atoms with Gasteiger partial charge in [0.1, 0.15) is 24.4 Å². The minimum absolute atomic E-state index is 0.425. The summed E-state index contributed by atoms with van der Waals surface area (Å²) in [6.07, 6.45) is 0.851. The summed E-state index contributed by atoms with van der Waals surface area (Å²) < 4.78 is 10.6. The van der Waals surface area contributed by atoms with Gasteiger partial charge in [-0.05, 0) is 6.42 Å². The van der Waals surface area contributed by atoms with Crippen LogP contribution >= 0.6 is 0 Å². The third-order valence-corrected chi connectivity index (χ3v) is 3.63. The molecule has 0 aromatic rings. The third kappa shape index (κ3) is 5.27. The minimum Gasteiger partial charge on any atom is -0.394 e. The molecule has 1 fully saturated rings. The number of aliphatic hydroxyl groups is 4. The predicted molar refractivity (Wildman–Crippen MR) is 73.1 cm³/mol. The topological polar surface area (TPSA) is 99.4 Å². The molecule has 0 amide bonds. The van der Waals surface area contributed by atoms with Gasteiger partial charge in [0.2, 0.25) is 0 Å². The molecule has 1 saturated heterocycles. The summed E-state index contributed by atoms with van der Waals surface area (Å²) in [5, 5.41) is 38.0. The van der Waals surface area contributed by atoms with Crippen molar-refractivity contribution >= 4 is 0 Å². The molecule has 120 valence electrons. The number of unbranched alkanes of at least 4 members (excludes halogenated alkanes) is 5. The summed E-state index contributed by atoms with van der Waals surface area (Å²) in [5.74, 6) is 0. The third-order valence-electron chi connectivity index (χ3n) is 3.63. The van der Waals surface area contributed by atoms with Crippen molar-refractivity contribution < 1.29 is 29.9 Å². The Morgan fingerprint density at radius 1 is 0.900 bits per heavy atom. The first-order valence-electron chi connectivity index (χ1n) is 7.54. The molecule has 1 aliphatic rings. The Morgan fingerprint density at radius 3 is 2.20 bits per heavy atom. The number of hydrogen-bond acceptors (Lipinski definition) is 6. The fraction of sp³-hybridized carbons (Fsp3) is 1.00. The SMILES string of the molecule is CCCCCCCCO[C@H]1O[C@@H](CO)[C@H](O)[C@H](O)[C@@H]1O. The molecular formula is C14H28O6. The lowest BCUT2D eigenvalue weighted by Crippen LogP contribution is -2.59. The molecule has 5 atom stereocenters. The number of ether oxygens (including phenoxy) is 2. The van der Waals surface area contributed by atoms with E-state index in [1.165, 1.54) is 19.3 Å². The molecule has 0 spiro atoms. The largest absolute Gasteiger partial charge is 0.394 e. The molecule has 0 unspecified atom stereocenters. The highest BCUT2D eigenvalue weighted by Gasteiger charge is 2.43. The summed E-state index contributed by atoms with van der Waals surface area (Å²) >= 11 is 0. The van der Waals surface area contributed by atoms with E-state index in [2.05, 4.69) is 6.92 Å². The quantitative estimate of drug-likeness (QED) is 0.452. The van der Waals surface area contributed by atoms with Crippen molar-refractivity contribution in [1.29, 1.82) is 0 Å². The van der Waals surface area contributed by atoms with Gasteiger partial charge in [0.25, 0.3) is 0 Å². The van der Waals surface area contributed by atoms with Crippen molar-refractivity contribution in [3.05, 3.63) is 0 Å². The minimum atomic E-state index is -1.37. The van der Waals surface area contributed by atoms with E-state index >= 15 is 0 Å². The van der Waals surface area contributed by atoms with Crippen LogP contribution in [-0.4, -0.2) is 64.3 Å². The molecule has 1 heterocycles. The van der Waals surface area contributed by atoms with E-state index in [1.54, 1.807) is 0 Å². The van der Waals surface area contributed by atoms with Crippen LogP contribution in [0.4, 0.5) is 0 Å². The average Bonchev–Trinajstić information content (AvgIpc) is 2.46. The van der Waals surface area contributed by atoms with Gasteiger partial charge in [-0.1, -0.05) is 39.0 Å². The van der Waals surface area contributed by atoms with Crippen LogP contribution in [-0.2, 0) is 9.47 Å². The zero-order chi connectivity index (χ0) is 15.0. The monoisotopic (exact) mass is 292 g/mol. The molecule has 0 radical (unpaired) electrons. The predicted octanol–water partition coefficient (Wildman–Crippen LogP) is 0.163. The molecule has 6 nitrogen and oxygen atoms in total. The van der Waals surface area contributed by atoms with E-state index in [9.17, 15) is 15.3 Å². The lowest BCUT2D eigenvalue weighted by atomic mass is 9.99. The average molecular weight is 292 g/mol. The lowest BCUT2D eigenvalue weighted by molar-refractivity contribution is -0.301. The zero-order valence-electron chi connectivity index (χ0n) is 12.1. The van der Waals surface area contributed by atoms with Crippen LogP contribution in [0, 0.1) is 0 Å². The molecule has 0 aromatic heterocycles. The Balaban J connectivity index is 2.21. The fourth-order valence-electron chi connectivity index (χ4n) is 2.29. The van der Waals surface area contributed by atoms with E-state index in [0.29, 0.717) is 6.61 Å². The van der Waals surface area contributed by atoms with Crippen molar-refractivity contribution in [1.82, 2.24) is 0 Å². The Labute approximate surface area is 120 Å². The van der Waals surface area contributed by atoms with Crippen LogP contribution in [0.25, 0.3) is 0 Å². The van der Waals surface area contributed by atoms with Crippen LogP contribution in [0.15, 0.2) is 0 Å². The van der Waals surface area contributed by atoms with Crippen molar-refractivity contribution in [3.8, 4) is 0 Å². The fourth-order valence-corrected chi connectivity index (χ4v) is 2.29. The van der Waals surface area contributed by atoms with Gasteiger partial charge in [-0.3, -0.25) is 0 Å². The van der Waals surface area contributed by atoms with Crippen LogP contribution in [0.5, 0.6) is 0 Å². The highest BCUT2D eigenvalue weighted by molar-refractivity contribution is 4.88. The highest BCUT2D eigenvalue weighted by atomic mass is 16.7. The summed E-state index contributed by atoms with van der Waals surface area (Å²) in [6.45, 7) is 2.17. The van der Waals surface area contributed by atoms with Crippen molar-refractivity contribution in [2.45, 2.75) is 76.2 Å². The van der Waals surface area contributed by atoms with Gasteiger partial charge >= 0.3 is 0 Å². The zero-order valence-corrected chi connectivity index (χ0v) is 12.1. The molecular weight excluding hydrogens is 264 g/mol. The van der Waals surface area contributed by atoms with E-state index in [1.807, 2.05) is 0 Å². The second kappa shape index (κ2) is 9.65. The lowest BCUT2D eigenvalue weighted by Gasteiger charge is -2.39. The molecule has 0 saturated carbocycles. The maximum atomic E-state index is 9.75. The van der Waals surface area contributed by atoms with Gasteiger partial charge < -0.3 is 29.9 Å². The molecule has 1 rings (SSSR count). The van der Waals surface area contributed by atoms with E-state index in [4.69, 9.17) is 14.6 Å². The summed E-state index contributed by atoms with van der Waals surface area (Å²) in [7, 11) is 0. The van der Waals surface area contributed by atoms with Gasteiger partial charge in [0.15, 0.2) is 6.29 Å². The number of rotatable bonds is 9. The summed E-state index contributed by atoms with van der Waals surface area (Å²) in [5.41, 5.74) is 0. The van der Waals surface area contributed by atoms with Gasteiger partial charge in [0.05, 0.1) is 6.61 Å². The molecule has 0 aromatic carbocycles. The van der Waals surface area contributed by atoms with Crippen molar-refractivity contribution in [2.24, 2.45) is 0 Å². The van der Waals surface area contributed by atoms with Crippen LogP contribution in [0.3, 0.4) is 0 Å². The summed E-state index contributed by atoms with van der Waals surface area (Å²) in [4.78, 5) is 0. The second-order valence-corrected chi connectivity index (χ2v) is 5.34. The van der Waals surface area contributed by atoms with Crippen LogP contribution in [0.2, 0.25) is 0 Å². The van der Waals surface area contributed by atoms with Crippen LogP contribution in [0.1, 0.15) is 45.4 Å². The normalized spacial score (nSPS) is 34.4. The van der Waals surface area contributed by atoms with Crippen molar-refractivity contribution in [2.75, 3.05) is 13.2 Å². The van der Waals surface area contributed by atoms with Gasteiger partial charge in [-0.15, -0.1) is 0 Å². The van der Waals surface area contributed by atoms with Crippen molar-refractivity contribution in [3.63, 3.8) is 0 Å². The smallest absolute Gasteiger partial charge is 0.186 e. The molecule has 6 heteroatoms. The van der Waals surface area contributed by atoms with Gasteiger partial charge in [-0.25, -0.2) is 0 Å². The van der Waals surface area contributed by atoms with E-state index in [0.717, 1.165) is 19.3 Å². The Bertz CT molecular complexity index is 248.